The fourth-order valence-electron chi connectivity index (χ4n) is 12.0. The van der Waals surface area contributed by atoms with Crippen LogP contribution >= 0.6 is 35.6 Å². The van der Waals surface area contributed by atoms with Gasteiger partial charge in [-0.2, -0.15) is 10.2 Å². The SMILES string of the molecule is COC(=O)c1c2c(nn1Cc1ccc(OC)cc1)c1nc(N3CCC[C@@H](N)C3)n(Cc3ccccc3Cl)c1c(=O)n2C.COC(=O)c1c2c(nn1Cc1ccc(OC)cc1)c1nc(N3CCC[C@@H](NC(=O)OC(C)(C)C)C3)n(Cc3ccccc3Cl)c1c(=O)n2C.Cl. The maximum Gasteiger partial charge on any atom is 0.407 e. The van der Waals surface area contributed by atoms with E-state index in [0.717, 1.165) is 60.2 Å². The minimum Gasteiger partial charge on any atom is -0.497 e. The second-order valence-corrected chi connectivity index (χ2v) is 24.5. The average Bonchev–Trinajstić information content (AvgIpc) is 1.57. The van der Waals surface area contributed by atoms with Crippen molar-refractivity contribution < 1.29 is 38.1 Å². The van der Waals surface area contributed by atoms with Crippen LogP contribution in [0.15, 0.2) is 107 Å². The molecule has 0 bridgehead atoms. The van der Waals surface area contributed by atoms with Crippen molar-refractivity contribution in [1.29, 1.82) is 0 Å². The Balaban J connectivity index is 0.000000202. The lowest BCUT2D eigenvalue weighted by Crippen LogP contribution is -2.49. The minimum atomic E-state index is -0.632. The number of methoxy groups -OCH3 is 4. The molecule has 12 rings (SSSR count). The van der Waals surface area contributed by atoms with E-state index < -0.39 is 23.6 Å². The number of amides is 1. The summed E-state index contributed by atoms with van der Waals surface area (Å²) in [6, 6.07) is 29.7. The van der Waals surface area contributed by atoms with Crippen LogP contribution in [0.5, 0.6) is 11.5 Å². The second-order valence-electron chi connectivity index (χ2n) is 23.7. The summed E-state index contributed by atoms with van der Waals surface area (Å²) in [6.07, 6.45) is 2.87. The summed E-state index contributed by atoms with van der Waals surface area (Å²) in [7, 11) is 9.06. The molecule has 8 heterocycles. The fourth-order valence-corrected chi connectivity index (χ4v) is 12.4. The number of imidazole rings is 2. The Bertz CT molecular complexity index is 4530. The lowest BCUT2D eigenvalue weighted by atomic mass is 10.1. The van der Waals surface area contributed by atoms with Crippen molar-refractivity contribution in [3.63, 3.8) is 0 Å². The zero-order valence-electron chi connectivity index (χ0n) is 52.6. The number of halogens is 3. The number of ether oxygens (including phenoxy) is 5. The number of aryl methyl sites for hydroxylation is 2. The molecule has 0 unspecified atom stereocenters. The Hall–Kier alpha value is -9.10. The van der Waals surface area contributed by atoms with E-state index in [4.69, 9.17) is 72.8 Å². The molecule has 0 radical (unpaired) electrons. The van der Waals surface area contributed by atoms with Crippen LogP contribution in [-0.2, 0) is 54.5 Å². The van der Waals surface area contributed by atoms with Crippen molar-refractivity contribution in [1.82, 2.24) is 53.1 Å². The number of nitrogens with zero attached hydrogens (tertiary/aromatic N) is 12. The van der Waals surface area contributed by atoms with Gasteiger partial charge in [-0.3, -0.25) is 19.0 Å². The predicted molar refractivity (Wildman–Crippen MR) is 356 cm³/mol. The normalized spacial score (nSPS) is 15.1. The van der Waals surface area contributed by atoms with Crippen LogP contribution in [-0.4, -0.2) is 138 Å². The van der Waals surface area contributed by atoms with Gasteiger partial charge < -0.3 is 62.8 Å². The third kappa shape index (κ3) is 13.2. The number of anilines is 2. The Morgan fingerprint density at radius 2 is 1.01 bits per heavy atom. The number of benzene rings is 4. The van der Waals surface area contributed by atoms with E-state index in [0.29, 0.717) is 98.0 Å². The maximum absolute atomic E-state index is 14.4. The number of nitrogens with two attached hydrogens (primary N) is 1. The second kappa shape index (κ2) is 27.4. The van der Waals surface area contributed by atoms with E-state index in [1.54, 1.807) is 43.7 Å². The van der Waals surface area contributed by atoms with Crippen molar-refractivity contribution >= 4 is 110 Å². The number of hydrogen-bond donors (Lipinski definition) is 2. The molecule has 2 aliphatic heterocycles. The van der Waals surface area contributed by atoms with E-state index in [2.05, 4.69) is 15.1 Å². The Morgan fingerprint density at radius 3 is 1.41 bits per heavy atom. The van der Waals surface area contributed by atoms with Gasteiger partial charge in [0.05, 0.1) is 54.6 Å². The number of rotatable bonds is 15. The molecule has 27 heteroatoms. The van der Waals surface area contributed by atoms with Gasteiger partial charge in [-0.15, -0.1) is 12.4 Å². The largest absolute Gasteiger partial charge is 0.497 e. The molecule has 0 saturated carbocycles. The van der Waals surface area contributed by atoms with E-state index in [9.17, 15) is 24.0 Å². The number of esters is 2. The van der Waals surface area contributed by atoms with Crippen LogP contribution in [0.2, 0.25) is 10.0 Å². The topological polar surface area (TPSA) is 257 Å². The fraction of sp³-hybridized carbons (Fsp3) is 0.369. The van der Waals surface area contributed by atoms with Gasteiger partial charge in [0.15, 0.2) is 11.4 Å². The van der Waals surface area contributed by atoms with Gasteiger partial charge >= 0.3 is 18.0 Å². The highest BCUT2D eigenvalue weighted by Gasteiger charge is 2.34. The number of aromatic nitrogens is 10. The molecule has 4 aromatic carbocycles. The standard InChI is InChI=1S/C35H40ClN7O6.C30H32ClN7O4.ClH/c1-35(2,3)49-34(46)37-23-11-9-17-41(20-23)33-38-26-27-28(40(4)31(44)29(26)42(33)19-22-10-7-8-12-25(22)36)30(32(45)48-6)43(39-27)18-21-13-15-24(47-5)16-14-21;1-35-25-24(34-38(27(25)29(40)42-3)15-18-10-12-21(41-2)13-11-18)23-26(28(35)39)37(16-19-7-4-5-9-22(19)31)30(33-23)36-14-6-8-20(32)17-36;/h7-8,10,12-16,23H,9,11,17-20H2,1-6H3,(H,37,46);4-5,7,9-13,20H,6,8,14-17,32H2,1-3H3;1H/t23-;20-;/m11./s1. The van der Waals surface area contributed by atoms with Crippen LogP contribution < -0.4 is 41.4 Å². The summed E-state index contributed by atoms with van der Waals surface area (Å²) >= 11 is 13.2. The molecule has 6 aromatic heterocycles. The number of carbonyl (C=O) groups is 3. The highest BCUT2D eigenvalue weighted by molar-refractivity contribution is 6.31. The molecule has 484 valence electrons. The molecule has 2 atom stereocenters. The van der Waals surface area contributed by atoms with E-state index in [1.165, 1.54) is 23.4 Å². The van der Waals surface area contributed by atoms with Gasteiger partial charge in [-0.1, -0.05) is 83.9 Å². The molecule has 2 aliphatic rings. The summed E-state index contributed by atoms with van der Waals surface area (Å²) in [5, 5.41) is 13.9. The summed E-state index contributed by atoms with van der Waals surface area (Å²) in [4.78, 5) is 81.9. The number of nitrogens with one attached hydrogen (secondary N) is 1. The number of hydrogen-bond acceptors (Lipinski definition) is 17. The van der Waals surface area contributed by atoms with Crippen molar-refractivity contribution in [2.24, 2.45) is 19.8 Å². The molecular formula is C65H73Cl3N14O10. The first-order valence-electron chi connectivity index (χ1n) is 29.8. The van der Waals surface area contributed by atoms with Crippen LogP contribution in [0.1, 0.15) is 89.7 Å². The van der Waals surface area contributed by atoms with E-state index in [1.807, 2.05) is 121 Å². The Labute approximate surface area is 545 Å². The first-order chi connectivity index (χ1) is 43.7. The lowest BCUT2D eigenvalue weighted by molar-refractivity contribution is 0.0497. The maximum atomic E-state index is 14.4. The molecule has 0 spiro atoms. The molecule has 0 aliphatic carbocycles. The number of carbonyl (C=O) groups excluding carboxylic acids is 3. The molecule has 92 heavy (non-hydrogen) atoms. The third-order valence-electron chi connectivity index (χ3n) is 16.4. The van der Waals surface area contributed by atoms with E-state index >= 15 is 0 Å². The smallest absolute Gasteiger partial charge is 0.407 e. The van der Waals surface area contributed by atoms with Crippen LogP contribution in [0.4, 0.5) is 16.7 Å². The highest BCUT2D eigenvalue weighted by Crippen LogP contribution is 2.35. The molecule has 24 nitrogen and oxygen atoms in total. The molecular weight excluding hydrogens is 1240 g/mol. The summed E-state index contributed by atoms with van der Waals surface area (Å²) < 4.78 is 36.2. The Morgan fingerprint density at radius 1 is 0.587 bits per heavy atom. The van der Waals surface area contributed by atoms with Crippen molar-refractivity contribution in [2.75, 3.05) is 64.4 Å². The van der Waals surface area contributed by atoms with Crippen LogP contribution in [0.3, 0.4) is 0 Å². The predicted octanol–water partition coefficient (Wildman–Crippen LogP) is 9.10. The first-order valence-corrected chi connectivity index (χ1v) is 30.6. The molecule has 2 saturated heterocycles. The lowest BCUT2D eigenvalue weighted by Gasteiger charge is -2.34. The third-order valence-corrected chi connectivity index (χ3v) is 17.1. The van der Waals surface area contributed by atoms with Crippen molar-refractivity contribution in [2.45, 2.75) is 90.3 Å². The van der Waals surface area contributed by atoms with E-state index in [-0.39, 0.29) is 66.6 Å². The van der Waals surface area contributed by atoms with Crippen molar-refractivity contribution in [3.05, 3.63) is 161 Å². The Kier molecular flexibility index (Phi) is 19.6. The minimum absolute atomic E-state index is 0. The molecule has 10 aromatic rings. The zero-order chi connectivity index (χ0) is 64.6. The number of fused-ring (bicyclic) bond motifs is 6. The van der Waals surface area contributed by atoms with Gasteiger partial charge in [0.1, 0.15) is 61.2 Å². The quantitative estimate of drug-likeness (QED) is 0.0716. The average molecular weight is 1320 g/mol. The summed E-state index contributed by atoms with van der Waals surface area (Å²) in [6.45, 7) is 8.98. The highest BCUT2D eigenvalue weighted by atomic mass is 35.5. The number of pyridine rings is 2. The molecule has 3 N–H and O–H groups in total. The summed E-state index contributed by atoms with van der Waals surface area (Å²) in [5.41, 5.74) is 11.7. The van der Waals surface area contributed by atoms with Gasteiger partial charge in [-0.25, -0.2) is 24.4 Å². The monoisotopic (exact) mass is 1310 g/mol. The van der Waals surface area contributed by atoms with Gasteiger partial charge in [0.2, 0.25) is 11.9 Å². The number of piperidine rings is 2. The van der Waals surface area contributed by atoms with Crippen molar-refractivity contribution in [3.8, 4) is 11.5 Å². The van der Waals surface area contributed by atoms with Gasteiger partial charge in [-0.05, 0) is 105 Å². The van der Waals surface area contributed by atoms with Gasteiger partial charge in [0.25, 0.3) is 11.1 Å². The zero-order valence-corrected chi connectivity index (χ0v) is 54.9. The van der Waals surface area contributed by atoms with Crippen LogP contribution in [0.25, 0.3) is 44.1 Å². The number of alkyl carbamates (subject to hydrolysis) is 1. The first kappa shape index (κ1) is 65.8. The van der Waals surface area contributed by atoms with Crippen LogP contribution in [0, 0.1) is 0 Å². The summed E-state index contributed by atoms with van der Waals surface area (Å²) in [5.74, 6) is 1.33. The van der Waals surface area contributed by atoms with Gasteiger partial charge in [0, 0.05) is 62.4 Å². The molecule has 2 fully saturated rings. The molecule has 1 amide bonds.